The maximum absolute atomic E-state index is 4.10. The Morgan fingerprint density at radius 2 is 1.79 bits per heavy atom. The molecule has 0 radical (unpaired) electrons. The molecule has 1 aromatic carbocycles. The van der Waals surface area contributed by atoms with E-state index in [-0.39, 0.29) is 30.4 Å². The number of benzene rings is 1. The summed E-state index contributed by atoms with van der Waals surface area (Å²) in [6.45, 7) is 9.16. The smallest absolute Gasteiger partial charge is 0.147 e. The molecule has 0 bridgehead atoms. The van der Waals surface area contributed by atoms with Gasteiger partial charge < -0.3 is 0 Å². The average molecular weight is 547 g/mol. The Morgan fingerprint density at radius 3 is 2.38 bits per heavy atom. The van der Waals surface area contributed by atoms with E-state index in [1.165, 1.54) is 21.2 Å². The summed E-state index contributed by atoms with van der Waals surface area (Å²) in [7, 11) is 0. The number of allylic oxidation sites excluding steroid dienone is 1. The van der Waals surface area contributed by atoms with Crippen LogP contribution in [-0.2, 0) is 17.7 Å². The fourth-order valence-electron chi connectivity index (χ4n) is 4.09. The van der Waals surface area contributed by atoms with Gasteiger partial charge in [0.05, 0.1) is 0 Å². The Kier molecular flexibility index (Phi) is 7.06. The molecule has 1 aromatic rings. The van der Waals surface area contributed by atoms with Gasteiger partial charge in [-0.15, -0.1) is 24.8 Å². The topological polar surface area (TPSA) is 12.0 Å². The molecule has 134 valence electrons. The minimum absolute atomic E-state index is 0. The SMILES string of the molecule is CC(C)(C)[NH][Zr]([CH3])([CH3])(=[SiH2])[C]1=C2CSC=C2c2ccc(Br)cc21.Cl.Cl. The molecule has 3 rings (SSSR count). The molecule has 1 nitrogen and oxygen atoms in total. The van der Waals surface area contributed by atoms with Gasteiger partial charge in [-0.1, -0.05) is 0 Å². The molecule has 0 unspecified atom stereocenters. The molecule has 0 saturated carbocycles. The Hall–Kier alpha value is 1.17. The summed E-state index contributed by atoms with van der Waals surface area (Å²) < 4.78 is 12.0. The zero-order valence-corrected chi connectivity index (χ0v) is 22.7. The Morgan fingerprint density at radius 1 is 1.17 bits per heavy atom. The van der Waals surface area contributed by atoms with Gasteiger partial charge in [-0.25, -0.2) is 0 Å². The van der Waals surface area contributed by atoms with Crippen molar-refractivity contribution in [3.05, 3.63) is 44.8 Å². The number of thioether (sulfide) groups is 1. The van der Waals surface area contributed by atoms with Crippen molar-refractivity contribution in [3.8, 4) is 0 Å². The fourth-order valence-corrected chi connectivity index (χ4v) is 23.1. The molecule has 0 fully saturated rings. The molecule has 1 heterocycles. The molecule has 0 amide bonds. The minimum Gasteiger partial charge on any atom is -0.147 e. The van der Waals surface area contributed by atoms with Crippen molar-refractivity contribution >= 4 is 68.2 Å². The predicted molar refractivity (Wildman–Crippen MR) is 119 cm³/mol. The standard InChI is InChI=1S/C11H6BrS.C4H10N.2CH3.2ClH.H2Si.Zr/c12-9-1-2-10-7(4-9)3-8-5-13-6-11(8)10;1-4(2,3)5;;;;;;/h1-2,4,6H,5H2;5H,1-3H3;2*1H3;2*1H;1H2;/q;-1;;;;;;+1. The van der Waals surface area contributed by atoms with Crippen LogP contribution in [0.4, 0.5) is 0 Å². The zero-order valence-electron chi connectivity index (χ0n) is 14.8. The van der Waals surface area contributed by atoms with E-state index < -0.39 is 17.7 Å². The van der Waals surface area contributed by atoms with Crippen LogP contribution in [0.1, 0.15) is 31.9 Å². The van der Waals surface area contributed by atoms with E-state index in [4.69, 9.17) is 0 Å². The first-order chi connectivity index (χ1) is 9.96. The van der Waals surface area contributed by atoms with E-state index in [0.29, 0.717) is 0 Å². The molecule has 0 atom stereocenters. The first-order valence-corrected chi connectivity index (χ1v) is 22.8. The van der Waals surface area contributed by atoms with E-state index in [9.17, 15) is 0 Å². The second kappa shape index (κ2) is 7.30. The van der Waals surface area contributed by atoms with E-state index in [2.05, 4.69) is 79.7 Å². The molecule has 0 saturated heterocycles. The quantitative estimate of drug-likeness (QED) is 0.475. The van der Waals surface area contributed by atoms with Crippen molar-refractivity contribution in [1.29, 1.82) is 0 Å². The summed E-state index contributed by atoms with van der Waals surface area (Å²) in [5.41, 5.74) is 6.13. The predicted octanol–water partition coefficient (Wildman–Crippen LogP) is 5.74. The number of nitrogens with one attached hydrogen (secondary N) is 1. The molecule has 7 heteroatoms. The zero-order chi connectivity index (χ0) is 16.4. The number of rotatable bonds is 2. The Balaban J connectivity index is 0.00000144. The molecule has 1 aliphatic carbocycles. The molecular formula is C17H26BrCl2NSSiZr. The fraction of sp³-hybridized carbons (Fsp3) is 0.412. The Bertz CT molecular complexity index is 805. The van der Waals surface area contributed by atoms with Gasteiger partial charge in [0.1, 0.15) is 0 Å². The third-order valence-electron chi connectivity index (χ3n) is 4.17. The van der Waals surface area contributed by atoms with Gasteiger partial charge in [0.2, 0.25) is 0 Å². The third-order valence-corrected chi connectivity index (χ3v) is 17.8. The van der Waals surface area contributed by atoms with Crippen LogP contribution in [0.15, 0.2) is 33.7 Å². The largest absolute Gasteiger partial charge is 0.147 e. The second-order valence-corrected chi connectivity index (χ2v) is 37.8. The van der Waals surface area contributed by atoms with Crippen LogP contribution in [0.2, 0.25) is 9.26 Å². The van der Waals surface area contributed by atoms with Gasteiger partial charge in [-0.3, -0.25) is 0 Å². The van der Waals surface area contributed by atoms with Crippen molar-refractivity contribution < 1.29 is 17.7 Å². The van der Waals surface area contributed by atoms with Gasteiger partial charge in [-0.2, -0.15) is 0 Å². The number of fused-ring (bicyclic) bond motifs is 3. The monoisotopic (exact) mass is 543 g/mol. The van der Waals surface area contributed by atoms with E-state index in [0.717, 1.165) is 5.75 Å². The van der Waals surface area contributed by atoms with E-state index >= 15 is 0 Å². The third kappa shape index (κ3) is 4.35. The van der Waals surface area contributed by atoms with Gasteiger partial charge in [0.25, 0.3) is 0 Å². The molecule has 24 heavy (non-hydrogen) atoms. The molecule has 0 spiro atoms. The second-order valence-electron chi connectivity index (χ2n) is 8.45. The van der Waals surface area contributed by atoms with Crippen LogP contribution >= 0.6 is 52.5 Å². The first-order valence-electron chi connectivity index (χ1n) is 7.70. The van der Waals surface area contributed by atoms with Crippen molar-refractivity contribution in [2.24, 2.45) is 0 Å². The van der Waals surface area contributed by atoms with Crippen LogP contribution in [0.5, 0.6) is 0 Å². The first kappa shape index (κ1) is 23.2. The van der Waals surface area contributed by atoms with E-state index in [1.807, 2.05) is 11.8 Å². The van der Waals surface area contributed by atoms with Crippen LogP contribution in [0.3, 0.4) is 0 Å². The van der Waals surface area contributed by atoms with Crippen molar-refractivity contribution in [3.63, 3.8) is 0 Å². The van der Waals surface area contributed by atoms with Gasteiger partial charge >= 0.3 is 150 Å². The number of hydrogen-bond acceptors (Lipinski definition) is 2. The average Bonchev–Trinajstić information content (AvgIpc) is 2.82. The molecule has 1 N–H and O–H groups in total. The Labute approximate surface area is 173 Å². The summed E-state index contributed by atoms with van der Waals surface area (Å²) in [6, 6.07) is 6.79. The summed E-state index contributed by atoms with van der Waals surface area (Å²) in [4.78, 5) is 0. The minimum atomic E-state index is -3.20. The van der Waals surface area contributed by atoms with Crippen LogP contribution in [0.25, 0.3) is 8.85 Å². The summed E-state index contributed by atoms with van der Waals surface area (Å²) in [5, 5.41) is 2.36. The van der Waals surface area contributed by atoms with Crippen LogP contribution < -0.4 is 3.26 Å². The molecule has 0 aromatic heterocycles. The normalized spacial score (nSPS) is 16.9. The molecule has 1 aliphatic heterocycles. The summed E-state index contributed by atoms with van der Waals surface area (Å²) in [6.07, 6.45) is 0. The number of hydrogen-bond donors (Lipinski definition) is 1. The van der Waals surface area contributed by atoms with Crippen molar-refractivity contribution in [2.45, 2.75) is 35.6 Å². The van der Waals surface area contributed by atoms with Crippen LogP contribution in [-0.4, -0.2) is 18.2 Å². The van der Waals surface area contributed by atoms with Crippen molar-refractivity contribution in [2.75, 3.05) is 5.75 Å². The van der Waals surface area contributed by atoms with E-state index in [1.54, 1.807) is 8.85 Å². The summed E-state index contributed by atoms with van der Waals surface area (Å²) in [5.74, 6) is 1.13. The van der Waals surface area contributed by atoms with Crippen LogP contribution in [0, 0.1) is 0 Å². The maximum atomic E-state index is 4.10. The molecule has 2 aliphatic rings. The number of halogens is 3. The van der Waals surface area contributed by atoms with Crippen molar-refractivity contribution in [1.82, 2.24) is 3.26 Å². The van der Waals surface area contributed by atoms with Gasteiger partial charge in [-0.05, 0) is 0 Å². The van der Waals surface area contributed by atoms with Gasteiger partial charge in [0, 0.05) is 0 Å². The maximum Gasteiger partial charge on any atom is -0.147 e. The molecular weight excluding hydrogens is 520 g/mol. The van der Waals surface area contributed by atoms with Gasteiger partial charge in [0.15, 0.2) is 0 Å². The summed E-state index contributed by atoms with van der Waals surface area (Å²) >= 11 is 2.43.